The Labute approximate surface area is 118 Å². The van der Waals surface area contributed by atoms with E-state index in [-0.39, 0.29) is 16.5 Å². The Morgan fingerprint density at radius 2 is 2.00 bits per heavy atom. The predicted molar refractivity (Wildman–Crippen MR) is 71.7 cm³/mol. The average molecular weight is 328 g/mol. The molecular weight excluding hydrogens is 316 g/mol. The van der Waals surface area contributed by atoms with Gasteiger partial charge in [-0.3, -0.25) is 4.98 Å². The summed E-state index contributed by atoms with van der Waals surface area (Å²) in [5, 5.41) is 9.92. The second-order valence-corrected chi connectivity index (χ2v) is 5.10. The number of halogens is 3. The Kier molecular flexibility index (Phi) is 4.61. The van der Waals surface area contributed by atoms with Gasteiger partial charge in [-0.25, -0.2) is 8.78 Å². The molecule has 0 spiro atoms. The Balaban J connectivity index is 2.11. The van der Waals surface area contributed by atoms with Crippen molar-refractivity contribution in [2.45, 2.75) is 18.9 Å². The maximum atomic E-state index is 13.8. The van der Waals surface area contributed by atoms with E-state index in [2.05, 4.69) is 20.9 Å². The molecule has 1 N–H and O–H groups in total. The Hall–Kier alpha value is -1.33. The lowest BCUT2D eigenvalue weighted by atomic mass is 10.0. The maximum absolute atomic E-state index is 13.8. The minimum absolute atomic E-state index is 0.0774. The van der Waals surface area contributed by atoms with Gasteiger partial charge in [-0.1, -0.05) is 6.07 Å². The monoisotopic (exact) mass is 327 g/mol. The standard InChI is InChI=1S/C14H12BrF2NO/c15-12-3-4-13(16)11(14(12)17)7-10(19)6-9-2-1-5-18-8-9/h1-5,8,10,19H,6-7H2. The van der Waals surface area contributed by atoms with Gasteiger partial charge in [0.2, 0.25) is 0 Å². The molecule has 0 fully saturated rings. The molecule has 0 radical (unpaired) electrons. The summed E-state index contributed by atoms with van der Waals surface area (Å²) < 4.78 is 27.5. The molecule has 1 aromatic carbocycles. The molecule has 0 saturated heterocycles. The zero-order chi connectivity index (χ0) is 13.8. The number of rotatable bonds is 4. The normalized spacial score (nSPS) is 12.4. The Morgan fingerprint density at radius 3 is 2.68 bits per heavy atom. The molecule has 0 amide bonds. The maximum Gasteiger partial charge on any atom is 0.143 e. The quantitative estimate of drug-likeness (QED) is 0.874. The molecule has 1 heterocycles. The van der Waals surface area contributed by atoms with Crippen molar-refractivity contribution in [3.63, 3.8) is 0 Å². The molecule has 1 unspecified atom stereocenters. The van der Waals surface area contributed by atoms with Gasteiger partial charge in [-0.15, -0.1) is 0 Å². The summed E-state index contributed by atoms with van der Waals surface area (Å²) in [6, 6.07) is 6.05. The number of hydrogen-bond acceptors (Lipinski definition) is 2. The van der Waals surface area contributed by atoms with Gasteiger partial charge in [0.15, 0.2) is 0 Å². The highest BCUT2D eigenvalue weighted by Crippen LogP contribution is 2.23. The van der Waals surface area contributed by atoms with Crippen LogP contribution in [0.4, 0.5) is 8.78 Å². The number of hydrogen-bond donors (Lipinski definition) is 1. The summed E-state index contributed by atoms with van der Waals surface area (Å²) in [4.78, 5) is 3.93. The van der Waals surface area contributed by atoms with Crippen LogP contribution in [-0.2, 0) is 12.8 Å². The summed E-state index contributed by atoms with van der Waals surface area (Å²) in [6.07, 6.45) is 2.62. The number of benzene rings is 1. The van der Waals surface area contributed by atoms with Crippen LogP contribution < -0.4 is 0 Å². The molecule has 2 rings (SSSR count). The van der Waals surface area contributed by atoms with E-state index >= 15 is 0 Å². The lowest BCUT2D eigenvalue weighted by Gasteiger charge is -2.12. The van der Waals surface area contributed by atoms with Crippen molar-refractivity contribution in [2.24, 2.45) is 0 Å². The van der Waals surface area contributed by atoms with Gasteiger partial charge in [0.1, 0.15) is 11.6 Å². The first-order valence-electron chi connectivity index (χ1n) is 5.77. The van der Waals surface area contributed by atoms with Crippen LogP contribution in [0.25, 0.3) is 0 Å². The highest BCUT2D eigenvalue weighted by Gasteiger charge is 2.16. The second kappa shape index (κ2) is 6.21. The number of aliphatic hydroxyl groups excluding tert-OH is 1. The topological polar surface area (TPSA) is 33.1 Å². The van der Waals surface area contributed by atoms with E-state index in [1.54, 1.807) is 18.5 Å². The van der Waals surface area contributed by atoms with E-state index in [0.717, 1.165) is 5.56 Å². The Morgan fingerprint density at radius 1 is 1.21 bits per heavy atom. The summed E-state index contributed by atoms with van der Waals surface area (Å²) in [7, 11) is 0. The SMILES string of the molecule is OC(Cc1cccnc1)Cc1c(F)ccc(Br)c1F. The molecule has 0 bridgehead atoms. The van der Waals surface area contributed by atoms with Crippen molar-refractivity contribution in [3.05, 3.63) is 63.9 Å². The van der Waals surface area contributed by atoms with Crippen molar-refractivity contribution in [3.8, 4) is 0 Å². The molecule has 2 aromatic rings. The molecule has 0 saturated carbocycles. The van der Waals surface area contributed by atoms with Crippen LogP contribution >= 0.6 is 15.9 Å². The predicted octanol–water partition coefficient (Wildman–Crippen LogP) is 3.27. The molecule has 1 atom stereocenters. The summed E-state index contributed by atoms with van der Waals surface area (Å²) in [5.74, 6) is -1.31. The van der Waals surface area contributed by atoms with Crippen molar-refractivity contribution in [1.82, 2.24) is 4.98 Å². The number of nitrogens with zero attached hydrogens (tertiary/aromatic N) is 1. The first-order valence-corrected chi connectivity index (χ1v) is 6.56. The van der Waals surface area contributed by atoms with Crippen LogP contribution in [0, 0.1) is 11.6 Å². The van der Waals surface area contributed by atoms with Crippen LogP contribution in [0.1, 0.15) is 11.1 Å². The Bertz CT molecular complexity index is 563. The molecule has 0 aliphatic heterocycles. The molecule has 5 heteroatoms. The zero-order valence-corrected chi connectivity index (χ0v) is 11.6. The van der Waals surface area contributed by atoms with Crippen molar-refractivity contribution in [1.29, 1.82) is 0 Å². The average Bonchev–Trinajstić information content (AvgIpc) is 2.40. The van der Waals surface area contributed by atoms with Crippen LogP contribution in [0.15, 0.2) is 41.1 Å². The van der Waals surface area contributed by atoms with Crippen molar-refractivity contribution < 1.29 is 13.9 Å². The first kappa shape index (κ1) is 14.1. The summed E-state index contributed by atoms with van der Waals surface area (Å²) >= 11 is 3.00. The van der Waals surface area contributed by atoms with Crippen molar-refractivity contribution >= 4 is 15.9 Å². The second-order valence-electron chi connectivity index (χ2n) is 4.25. The molecular formula is C14H12BrF2NO. The molecule has 0 aliphatic rings. The third kappa shape index (κ3) is 3.58. The van der Waals surface area contributed by atoms with Crippen molar-refractivity contribution in [2.75, 3.05) is 0 Å². The van der Waals surface area contributed by atoms with Gasteiger partial charge in [-0.2, -0.15) is 0 Å². The zero-order valence-electron chi connectivity index (χ0n) is 9.98. The van der Waals surface area contributed by atoms with Gasteiger partial charge >= 0.3 is 0 Å². The van der Waals surface area contributed by atoms with E-state index in [4.69, 9.17) is 0 Å². The lowest BCUT2D eigenvalue weighted by Crippen LogP contribution is -2.16. The fourth-order valence-corrected chi connectivity index (χ4v) is 2.23. The van der Waals surface area contributed by atoms with Crippen LogP contribution in [0.3, 0.4) is 0 Å². The first-order chi connectivity index (χ1) is 9.08. The smallest absolute Gasteiger partial charge is 0.143 e. The number of aromatic nitrogens is 1. The van der Waals surface area contributed by atoms with Gasteiger partial charge < -0.3 is 5.11 Å². The summed E-state index contributed by atoms with van der Waals surface area (Å²) in [6.45, 7) is 0. The molecule has 19 heavy (non-hydrogen) atoms. The van der Waals surface area contributed by atoms with Crippen LogP contribution in [0.2, 0.25) is 0 Å². The van der Waals surface area contributed by atoms with Gasteiger partial charge in [0.05, 0.1) is 10.6 Å². The van der Waals surface area contributed by atoms with Gasteiger partial charge in [-0.05, 0) is 39.7 Å². The minimum atomic E-state index is -0.859. The fourth-order valence-electron chi connectivity index (χ4n) is 1.85. The third-order valence-electron chi connectivity index (χ3n) is 2.77. The van der Waals surface area contributed by atoms with E-state index in [1.807, 2.05) is 6.07 Å². The van der Waals surface area contributed by atoms with E-state index in [1.165, 1.54) is 12.1 Å². The van der Waals surface area contributed by atoms with E-state index < -0.39 is 17.7 Å². The number of aliphatic hydroxyl groups is 1. The fraction of sp³-hybridized carbons (Fsp3) is 0.214. The van der Waals surface area contributed by atoms with Crippen LogP contribution in [-0.4, -0.2) is 16.2 Å². The summed E-state index contributed by atoms with van der Waals surface area (Å²) in [5.41, 5.74) is 0.719. The molecule has 0 aliphatic carbocycles. The third-order valence-corrected chi connectivity index (χ3v) is 3.39. The van der Waals surface area contributed by atoms with E-state index in [9.17, 15) is 13.9 Å². The van der Waals surface area contributed by atoms with E-state index in [0.29, 0.717) is 6.42 Å². The molecule has 2 nitrogen and oxygen atoms in total. The van der Waals surface area contributed by atoms with Crippen LogP contribution in [0.5, 0.6) is 0 Å². The highest BCUT2D eigenvalue weighted by molar-refractivity contribution is 9.10. The van der Waals surface area contributed by atoms with Gasteiger partial charge in [0, 0.05) is 30.8 Å². The van der Waals surface area contributed by atoms with Gasteiger partial charge in [0.25, 0.3) is 0 Å². The number of pyridine rings is 1. The molecule has 1 aromatic heterocycles. The lowest BCUT2D eigenvalue weighted by molar-refractivity contribution is 0.172. The minimum Gasteiger partial charge on any atom is -0.392 e. The largest absolute Gasteiger partial charge is 0.392 e. The highest BCUT2D eigenvalue weighted by atomic mass is 79.9. The molecule has 100 valence electrons.